The molecule has 0 saturated heterocycles. The Morgan fingerprint density at radius 1 is 1.19 bits per heavy atom. The van der Waals surface area contributed by atoms with Crippen molar-refractivity contribution in [2.24, 2.45) is 0 Å². The molecular formula is C19H23FN2O4. The first-order valence-corrected chi connectivity index (χ1v) is 8.68. The number of ether oxygens (including phenoxy) is 1. The summed E-state index contributed by atoms with van der Waals surface area (Å²) in [5, 5.41) is 4.70. The number of rotatable bonds is 7. The maximum atomic E-state index is 13.0. The highest BCUT2D eigenvalue weighted by molar-refractivity contribution is 5.95. The third-order valence-electron chi connectivity index (χ3n) is 3.97. The Balaban J connectivity index is 1.60. The molecule has 0 saturated carbocycles. The van der Waals surface area contributed by atoms with Crippen molar-refractivity contribution < 1.29 is 23.5 Å². The Labute approximate surface area is 151 Å². The van der Waals surface area contributed by atoms with Gasteiger partial charge in [-0.15, -0.1) is 0 Å². The Kier molecular flexibility index (Phi) is 7.79. The number of halogens is 1. The lowest BCUT2D eigenvalue weighted by atomic mass is 9.97. The molecule has 0 fully saturated rings. The van der Waals surface area contributed by atoms with Crippen LogP contribution in [0.5, 0.6) is 0 Å². The third-order valence-corrected chi connectivity index (χ3v) is 3.97. The number of carbonyl (C=O) groups is 3. The van der Waals surface area contributed by atoms with Crippen molar-refractivity contribution >= 4 is 17.9 Å². The number of benzene rings is 1. The summed E-state index contributed by atoms with van der Waals surface area (Å²) >= 11 is 0. The molecule has 0 bridgehead atoms. The molecule has 0 heterocycles. The van der Waals surface area contributed by atoms with Crippen molar-refractivity contribution in [3.63, 3.8) is 0 Å². The number of imide groups is 1. The summed E-state index contributed by atoms with van der Waals surface area (Å²) in [5.41, 5.74) is 1.78. The summed E-state index contributed by atoms with van der Waals surface area (Å²) in [6.07, 6.45) is 7.36. The SMILES string of the molecule is O=C(COC(=O)Cc1cccc(F)c1)NC(=O)NCCC1=CCCCC1. The molecule has 7 heteroatoms. The maximum Gasteiger partial charge on any atom is 0.321 e. The first-order valence-electron chi connectivity index (χ1n) is 8.68. The van der Waals surface area contributed by atoms with Crippen molar-refractivity contribution in [2.75, 3.05) is 13.2 Å². The summed E-state index contributed by atoms with van der Waals surface area (Å²) in [5.74, 6) is -1.84. The van der Waals surface area contributed by atoms with Crippen molar-refractivity contribution in [3.8, 4) is 0 Å². The van der Waals surface area contributed by atoms with E-state index in [9.17, 15) is 18.8 Å². The number of amides is 3. The lowest BCUT2D eigenvalue weighted by molar-refractivity contribution is -0.147. The van der Waals surface area contributed by atoms with Crippen LogP contribution in [0.2, 0.25) is 0 Å². The van der Waals surface area contributed by atoms with E-state index < -0.39 is 30.3 Å². The van der Waals surface area contributed by atoms with E-state index in [1.807, 2.05) is 0 Å². The maximum absolute atomic E-state index is 13.0. The van der Waals surface area contributed by atoms with Gasteiger partial charge in [0.2, 0.25) is 0 Å². The van der Waals surface area contributed by atoms with Crippen molar-refractivity contribution in [1.29, 1.82) is 0 Å². The number of hydrogen-bond donors (Lipinski definition) is 2. The Morgan fingerprint density at radius 2 is 2.04 bits per heavy atom. The van der Waals surface area contributed by atoms with Crippen LogP contribution >= 0.6 is 0 Å². The monoisotopic (exact) mass is 362 g/mol. The van der Waals surface area contributed by atoms with Gasteiger partial charge in [0.15, 0.2) is 6.61 Å². The zero-order valence-electron chi connectivity index (χ0n) is 14.6. The van der Waals surface area contributed by atoms with Gasteiger partial charge in [0.25, 0.3) is 5.91 Å². The van der Waals surface area contributed by atoms with Crippen LogP contribution in [0, 0.1) is 5.82 Å². The van der Waals surface area contributed by atoms with Gasteiger partial charge in [-0.1, -0.05) is 23.8 Å². The molecule has 1 aromatic carbocycles. The highest BCUT2D eigenvalue weighted by Crippen LogP contribution is 2.19. The molecule has 0 unspecified atom stereocenters. The molecule has 1 aliphatic carbocycles. The Bertz CT molecular complexity index is 688. The predicted octanol–water partition coefficient (Wildman–Crippen LogP) is 2.63. The summed E-state index contributed by atoms with van der Waals surface area (Å²) in [4.78, 5) is 34.9. The third kappa shape index (κ3) is 7.46. The molecule has 2 rings (SSSR count). The molecule has 26 heavy (non-hydrogen) atoms. The standard InChI is InChI=1S/C19H23FN2O4/c20-16-8-4-7-15(11-16)12-18(24)26-13-17(23)22-19(25)21-10-9-14-5-2-1-3-6-14/h4-5,7-8,11H,1-3,6,9-10,12-13H2,(H2,21,22,23,25). The normalized spacial score (nSPS) is 13.5. The number of carbonyl (C=O) groups excluding carboxylic acids is 3. The number of allylic oxidation sites excluding steroid dienone is 1. The van der Waals surface area contributed by atoms with Crippen LogP contribution in [-0.4, -0.2) is 31.1 Å². The Hall–Kier alpha value is -2.70. The second-order valence-electron chi connectivity index (χ2n) is 6.13. The number of urea groups is 1. The van der Waals surface area contributed by atoms with Gasteiger partial charge in [0.05, 0.1) is 6.42 Å². The second-order valence-corrected chi connectivity index (χ2v) is 6.13. The van der Waals surface area contributed by atoms with Gasteiger partial charge in [0.1, 0.15) is 5.82 Å². The zero-order chi connectivity index (χ0) is 18.8. The van der Waals surface area contributed by atoms with Crippen LogP contribution in [0.4, 0.5) is 9.18 Å². The number of nitrogens with one attached hydrogen (secondary N) is 2. The lowest BCUT2D eigenvalue weighted by Crippen LogP contribution is -2.41. The van der Waals surface area contributed by atoms with Crippen LogP contribution < -0.4 is 10.6 Å². The first-order chi connectivity index (χ1) is 12.5. The van der Waals surface area contributed by atoms with Crippen molar-refractivity contribution in [1.82, 2.24) is 10.6 Å². The summed E-state index contributed by atoms with van der Waals surface area (Å²) in [7, 11) is 0. The topological polar surface area (TPSA) is 84.5 Å². The van der Waals surface area contributed by atoms with Gasteiger partial charge >= 0.3 is 12.0 Å². The van der Waals surface area contributed by atoms with Gasteiger partial charge in [-0.25, -0.2) is 9.18 Å². The van der Waals surface area contributed by atoms with Gasteiger partial charge in [0, 0.05) is 6.54 Å². The van der Waals surface area contributed by atoms with E-state index in [-0.39, 0.29) is 6.42 Å². The van der Waals surface area contributed by atoms with Crippen LogP contribution in [0.1, 0.15) is 37.7 Å². The van der Waals surface area contributed by atoms with E-state index in [2.05, 4.69) is 16.7 Å². The Morgan fingerprint density at radius 3 is 2.77 bits per heavy atom. The minimum atomic E-state index is -0.716. The lowest BCUT2D eigenvalue weighted by Gasteiger charge is -2.13. The highest BCUT2D eigenvalue weighted by Gasteiger charge is 2.12. The fourth-order valence-electron chi connectivity index (χ4n) is 2.69. The van der Waals surface area contributed by atoms with Crippen molar-refractivity contribution in [3.05, 3.63) is 47.3 Å². The quantitative estimate of drug-likeness (QED) is 0.577. The molecule has 140 valence electrons. The summed E-state index contributed by atoms with van der Waals surface area (Å²) in [6.45, 7) is -0.114. The van der Waals surface area contributed by atoms with E-state index >= 15 is 0 Å². The minimum Gasteiger partial charge on any atom is -0.455 e. The molecule has 1 aliphatic rings. The summed E-state index contributed by atoms with van der Waals surface area (Å²) in [6, 6.07) is 4.94. The average molecular weight is 362 g/mol. The summed E-state index contributed by atoms with van der Waals surface area (Å²) < 4.78 is 17.8. The predicted molar refractivity (Wildman–Crippen MR) is 93.8 cm³/mol. The van der Waals surface area contributed by atoms with Gasteiger partial charge in [-0.05, 0) is 49.8 Å². The average Bonchev–Trinajstić information content (AvgIpc) is 2.61. The largest absolute Gasteiger partial charge is 0.455 e. The molecule has 0 aliphatic heterocycles. The highest BCUT2D eigenvalue weighted by atomic mass is 19.1. The molecule has 1 aromatic rings. The van der Waals surface area contributed by atoms with Crippen molar-refractivity contribution in [2.45, 2.75) is 38.5 Å². The number of esters is 1. The fourth-order valence-corrected chi connectivity index (χ4v) is 2.69. The van der Waals surface area contributed by atoms with E-state index in [1.54, 1.807) is 6.07 Å². The van der Waals surface area contributed by atoms with E-state index in [0.717, 1.165) is 19.3 Å². The van der Waals surface area contributed by atoms with E-state index in [0.29, 0.717) is 12.1 Å². The second kappa shape index (κ2) is 10.3. The molecule has 3 amide bonds. The molecule has 0 spiro atoms. The van der Waals surface area contributed by atoms with Gasteiger partial charge in [-0.3, -0.25) is 14.9 Å². The molecule has 0 atom stereocenters. The zero-order valence-corrected chi connectivity index (χ0v) is 14.6. The molecule has 6 nitrogen and oxygen atoms in total. The minimum absolute atomic E-state index is 0.146. The smallest absolute Gasteiger partial charge is 0.321 e. The van der Waals surface area contributed by atoms with Crippen LogP contribution in [-0.2, 0) is 20.7 Å². The van der Waals surface area contributed by atoms with Gasteiger partial charge < -0.3 is 10.1 Å². The van der Waals surface area contributed by atoms with E-state index in [4.69, 9.17) is 4.74 Å². The van der Waals surface area contributed by atoms with Crippen LogP contribution in [0.25, 0.3) is 0 Å². The fraction of sp³-hybridized carbons (Fsp3) is 0.421. The molecule has 0 aromatic heterocycles. The first kappa shape index (κ1) is 19.6. The van der Waals surface area contributed by atoms with Crippen LogP contribution in [0.3, 0.4) is 0 Å². The molecule has 2 N–H and O–H groups in total. The molecular weight excluding hydrogens is 339 g/mol. The molecule has 0 radical (unpaired) electrons. The number of hydrogen-bond acceptors (Lipinski definition) is 4. The van der Waals surface area contributed by atoms with Gasteiger partial charge in [-0.2, -0.15) is 0 Å². The van der Waals surface area contributed by atoms with Crippen LogP contribution in [0.15, 0.2) is 35.9 Å². The van der Waals surface area contributed by atoms with E-state index in [1.165, 1.54) is 36.6 Å².